The van der Waals surface area contributed by atoms with Crippen LogP contribution in [-0.4, -0.2) is 44.1 Å². The van der Waals surface area contributed by atoms with Crippen LogP contribution in [-0.2, 0) is 14.6 Å². The minimum absolute atomic E-state index is 0. The summed E-state index contributed by atoms with van der Waals surface area (Å²) in [5, 5.41) is 12.1. The predicted octanol–water partition coefficient (Wildman–Crippen LogP) is -0.627. The molecule has 2 heterocycles. The highest BCUT2D eigenvalue weighted by Crippen LogP contribution is 2.32. The minimum Gasteiger partial charge on any atom is -0.481 e. The molecule has 2 fully saturated rings. The number of hydrogen-bond acceptors (Lipinski definition) is 4. The van der Waals surface area contributed by atoms with Gasteiger partial charge >= 0.3 is 5.97 Å². The number of carboxylic acids is 1. The summed E-state index contributed by atoms with van der Waals surface area (Å²) < 4.78 is 22.8. The summed E-state index contributed by atoms with van der Waals surface area (Å²) in [7, 11) is -3.01. The third-order valence-electron chi connectivity index (χ3n) is 3.05. The molecule has 5 nitrogen and oxygen atoms in total. The molecule has 1 unspecified atom stereocenters. The van der Waals surface area contributed by atoms with Gasteiger partial charge in [0, 0.05) is 0 Å². The number of sulfone groups is 1. The van der Waals surface area contributed by atoms with Gasteiger partial charge in [0.15, 0.2) is 9.84 Å². The first-order valence-electron chi connectivity index (χ1n) is 4.63. The monoisotopic (exact) mass is 255 g/mol. The van der Waals surface area contributed by atoms with E-state index in [1.165, 1.54) is 0 Å². The van der Waals surface area contributed by atoms with E-state index in [1.807, 2.05) is 0 Å². The molecule has 0 aromatic rings. The van der Waals surface area contributed by atoms with Gasteiger partial charge in [-0.15, -0.1) is 12.4 Å². The van der Waals surface area contributed by atoms with E-state index < -0.39 is 21.7 Å². The molecule has 88 valence electrons. The SMILES string of the molecule is Cl.O=C(O)C1[C@@H]2CNC[C@H]1CS(=O)(=O)C2. The number of halogens is 1. The smallest absolute Gasteiger partial charge is 0.307 e. The van der Waals surface area contributed by atoms with E-state index in [-0.39, 0.29) is 35.7 Å². The second-order valence-electron chi connectivity index (χ2n) is 4.12. The Hall–Kier alpha value is -0.330. The molecule has 0 radical (unpaired) electrons. The first-order chi connectivity index (χ1) is 6.49. The Bertz CT molecular complexity index is 336. The van der Waals surface area contributed by atoms with Crippen LogP contribution in [0.1, 0.15) is 0 Å². The maximum Gasteiger partial charge on any atom is 0.307 e. The third-order valence-corrected chi connectivity index (χ3v) is 4.92. The van der Waals surface area contributed by atoms with Gasteiger partial charge in [0.05, 0.1) is 17.4 Å². The van der Waals surface area contributed by atoms with Gasteiger partial charge in [0.2, 0.25) is 0 Å². The molecule has 0 aliphatic carbocycles. The molecule has 2 aliphatic heterocycles. The fourth-order valence-electron chi connectivity index (χ4n) is 2.54. The van der Waals surface area contributed by atoms with E-state index in [0.29, 0.717) is 13.1 Å². The Kier molecular flexibility index (Phi) is 3.63. The molecule has 2 bridgehead atoms. The van der Waals surface area contributed by atoms with Crippen molar-refractivity contribution in [3.8, 4) is 0 Å². The van der Waals surface area contributed by atoms with E-state index in [0.717, 1.165) is 0 Å². The van der Waals surface area contributed by atoms with Gasteiger partial charge in [0.1, 0.15) is 0 Å². The van der Waals surface area contributed by atoms with Crippen LogP contribution in [0, 0.1) is 17.8 Å². The van der Waals surface area contributed by atoms with Crippen LogP contribution < -0.4 is 5.32 Å². The van der Waals surface area contributed by atoms with E-state index in [2.05, 4.69) is 5.32 Å². The fraction of sp³-hybridized carbons (Fsp3) is 0.875. The van der Waals surface area contributed by atoms with Crippen molar-refractivity contribution in [2.75, 3.05) is 24.6 Å². The first-order valence-corrected chi connectivity index (χ1v) is 6.46. The zero-order valence-electron chi connectivity index (χ0n) is 8.05. The number of fused-ring (bicyclic) bond motifs is 2. The zero-order valence-corrected chi connectivity index (χ0v) is 9.68. The summed E-state index contributed by atoms with van der Waals surface area (Å²) in [6, 6.07) is 0. The molecule has 15 heavy (non-hydrogen) atoms. The first kappa shape index (κ1) is 12.7. The highest BCUT2D eigenvalue weighted by molar-refractivity contribution is 7.91. The van der Waals surface area contributed by atoms with Crippen LogP contribution in [0.15, 0.2) is 0 Å². The summed E-state index contributed by atoms with van der Waals surface area (Å²) in [6.07, 6.45) is 0. The van der Waals surface area contributed by atoms with Crippen molar-refractivity contribution >= 4 is 28.2 Å². The lowest BCUT2D eigenvalue weighted by molar-refractivity contribution is -0.146. The van der Waals surface area contributed by atoms with Gasteiger partial charge in [0.25, 0.3) is 0 Å². The number of piperidine rings is 1. The maximum absolute atomic E-state index is 11.4. The molecule has 3 atom stereocenters. The highest BCUT2D eigenvalue weighted by atomic mass is 35.5. The molecule has 0 aromatic carbocycles. The molecule has 2 saturated heterocycles. The lowest BCUT2D eigenvalue weighted by Crippen LogP contribution is -2.55. The van der Waals surface area contributed by atoms with Gasteiger partial charge in [-0.25, -0.2) is 8.42 Å². The molecular formula is C8H14ClNO4S. The molecule has 2 rings (SSSR count). The topological polar surface area (TPSA) is 83.5 Å². The lowest BCUT2D eigenvalue weighted by atomic mass is 9.80. The van der Waals surface area contributed by atoms with Gasteiger partial charge in [-0.1, -0.05) is 0 Å². The second-order valence-corrected chi connectivity index (χ2v) is 6.27. The summed E-state index contributed by atoms with van der Waals surface area (Å²) in [5.41, 5.74) is 0. The van der Waals surface area contributed by atoms with Crippen LogP contribution in [0.5, 0.6) is 0 Å². The second kappa shape index (κ2) is 4.27. The van der Waals surface area contributed by atoms with Crippen molar-refractivity contribution in [2.45, 2.75) is 0 Å². The van der Waals surface area contributed by atoms with Crippen molar-refractivity contribution in [3.63, 3.8) is 0 Å². The Morgan fingerprint density at radius 3 is 2.07 bits per heavy atom. The van der Waals surface area contributed by atoms with Crippen LogP contribution in [0.25, 0.3) is 0 Å². The predicted molar refractivity (Wildman–Crippen MR) is 56.9 cm³/mol. The average Bonchev–Trinajstić information content (AvgIpc) is 1.99. The molecular weight excluding hydrogens is 242 g/mol. The van der Waals surface area contributed by atoms with E-state index in [9.17, 15) is 13.2 Å². The number of aliphatic carboxylic acids is 1. The van der Waals surface area contributed by atoms with Crippen molar-refractivity contribution in [2.24, 2.45) is 17.8 Å². The van der Waals surface area contributed by atoms with Gasteiger partial charge in [-0.3, -0.25) is 4.79 Å². The molecule has 0 saturated carbocycles. The molecule has 2 aliphatic rings. The van der Waals surface area contributed by atoms with Crippen LogP contribution in [0.4, 0.5) is 0 Å². The Balaban J connectivity index is 0.00000112. The number of hydrogen-bond donors (Lipinski definition) is 2. The number of carboxylic acid groups (broad SMARTS) is 1. The van der Waals surface area contributed by atoms with Crippen LogP contribution in [0.2, 0.25) is 0 Å². The maximum atomic E-state index is 11.4. The van der Waals surface area contributed by atoms with Gasteiger partial charge < -0.3 is 10.4 Å². The van der Waals surface area contributed by atoms with E-state index >= 15 is 0 Å². The third kappa shape index (κ3) is 2.43. The quantitative estimate of drug-likeness (QED) is 0.652. The Morgan fingerprint density at radius 2 is 1.67 bits per heavy atom. The zero-order chi connectivity index (χ0) is 10.3. The molecule has 0 amide bonds. The van der Waals surface area contributed by atoms with Gasteiger partial charge in [-0.2, -0.15) is 0 Å². The van der Waals surface area contributed by atoms with Crippen molar-refractivity contribution in [3.05, 3.63) is 0 Å². The Labute approximate surface area is 94.6 Å². The normalized spacial score (nSPS) is 37.7. The molecule has 7 heteroatoms. The van der Waals surface area contributed by atoms with Crippen molar-refractivity contribution in [1.82, 2.24) is 5.32 Å². The van der Waals surface area contributed by atoms with Crippen molar-refractivity contribution in [1.29, 1.82) is 0 Å². The molecule has 2 N–H and O–H groups in total. The summed E-state index contributed by atoms with van der Waals surface area (Å²) in [6.45, 7) is 1.01. The largest absolute Gasteiger partial charge is 0.481 e. The van der Waals surface area contributed by atoms with Crippen LogP contribution >= 0.6 is 12.4 Å². The number of rotatable bonds is 1. The van der Waals surface area contributed by atoms with Crippen molar-refractivity contribution < 1.29 is 18.3 Å². The van der Waals surface area contributed by atoms with E-state index in [4.69, 9.17) is 5.11 Å². The molecule has 0 spiro atoms. The molecule has 0 aromatic heterocycles. The Morgan fingerprint density at radius 1 is 1.20 bits per heavy atom. The number of carbonyl (C=O) groups is 1. The van der Waals surface area contributed by atoms with Crippen LogP contribution in [0.3, 0.4) is 0 Å². The minimum atomic E-state index is -3.01. The highest BCUT2D eigenvalue weighted by Gasteiger charge is 2.46. The standard InChI is InChI=1S/C8H13NO4S.ClH/c10-8(11)7-5-1-9-2-6(7)4-14(12,13)3-5;/h5-7,9H,1-4H2,(H,10,11);1H/t5-,6+,7?;. The van der Waals surface area contributed by atoms with E-state index in [1.54, 1.807) is 0 Å². The van der Waals surface area contributed by atoms with Gasteiger partial charge in [-0.05, 0) is 24.9 Å². The summed E-state index contributed by atoms with van der Waals surface area (Å²) in [4.78, 5) is 11.0. The fourth-order valence-corrected chi connectivity index (χ4v) is 4.63. The average molecular weight is 256 g/mol. The summed E-state index contributed by atoms with van der Waals surface area (Å²) in [5.74, 6) is -1.77. The number of nitrogens with one attached hydrogen (secondary N) is 1. The summed E-state index contributed by atoms with van der Waals surface area (Å²) >= 11 is 0. The lowest BCUT2D eigenvalue weighted by Gasteiger charge is -2.39.